The Morgan fingerprint density at radius 1 is 1.06 bits per heavy atom. The Morgan fingerprint density at radius 3 is 2.39 bits per heavy atom. The highest BCUT2D eigenvalue weighted by molar-refractivity contribution is 7.89. The smallest absolute Gasteiger partial charge is 0.256 e. The molecule has 0 saturated carbocycles. The third-order valence-corrected chi connectivity index (χ3v) is 7.75. The summed E-state index contributed by atoms with van der Waals surface area (Å²) in [5.74, 6) is -0.332. The molecule has 1 aliphatic rings. The predicted molar refractivity (Wildman–Crippen MR) is 125 cm³/mol. The summed E-state index contributed by atoms with van der Waals surface area (Å²) in [4.78, 5) is 13.0. The molecule has 1 amide bonds. The number of hydrogen-bond donors (Lipinski definition) is 1. The van der Waals surface area contributed by atoms with Gasteiger partial charge in [-0.2, -0.15) is 9.40 Å². The summed E-state index contributed by atoms with van der Waals surface area (Å²) >= 11 is 6.46. The molecule has 0 atom stereocenters. The van der Waals surface area contributed by atoms with E-state index >= 15 is 0 Å². The average molecular weight is 489 g/mol. The van der Waals surface area contributed by atoms with Gasteiger partial charge in [0.2, 0.25) is 10.0 Å². The Labute approximate surface area is 198 Å². The van der Waals surface area contributed by atoms with Crippen molar-refractivity contribution in [3.63, 3.8) is 0 Å². The molecule has 1 N–H and O–H groups in total. The molecule has 174 valence electrons. The van der Waals surface area contributed by atoms with Gasteiger partial charge in [-0.1, -0.05) is 54.1 Å². The van der Waals surface area contributed by atoms with E-state index in [0.29, 0.717) is 44.1 Å². The second-order valence-corrected chi connectivity index (χ2v) is 10.0. The van der Waals surface area contributed by atoms with Gasteiger partial charge in [0, 0.05) is 19.6 Å². The zero-order chi connectivity index (χ0) is 23.4. The maximum atomic E-state index is 12.8. The number of amides is 1. The molecular formula is C23H25ClN4O4S. The largest absolute Gasteiger partial charge is 0.379 e. The van der Waals surface area contributed by atoms with E-state index < -0.39 is 10.0 Å². The monoisotopic (exact) mass is 488 g/mol. The normalized spacial score (nSPS) is 14.8. The molecule has 0 bridgehead atoms. The summed E-state index contributed by atoms with van der Waals surface area (Å²) in [5, 5.41) is 7.53. The topological polar surface area (TPSA) is 93.5 Å². The molecule has 2 aromatic carbocycles. The zero-order valence-corrected chi connectivity index (χ0v) is 19.8. The summed E-state index contributed by atoms with van der Waals surface area (Å²) in [6.07, 6.45) is 0. The first kappa shape index (κ1) is 23.4. The fourth-order valence-corrected chi connectivity index (χ4v) is 5.39. The Balaban J connectivity index is 1.41. The molecule has 1 fully saturated rings. The number of carbonyl (C=O) groups excluding carboxylic acids is 1. The van der Waals surface area contributed by atoms with Crippen molar-refractivity contribution in [1.29, 1.82) is 0 Å². The lowest BCUT2D eigenvalue weighted by molar-refractivity contribution is 0.0730. The van der Waals surface area contributed by atoms with Gasteiger partial charge in [0.25, 0.3) is 5.91 Å². The van der Waals surface area contributed by atoms with Crippen molar-refractivity contribution in [1.82, 2.24) is 19.4 Å². The second-order valence-electron chi connectivity index (χ2n) is 7.74. The maximum absolute atomic E-state index is 12.8. The number of morpholine rings is 1. The SMILES string of the molecule is Cc1nn(Cc2ccccc2)c(Cl)c1C(=O)NCc1ccc(S(=O)(=O)N2CCOCC2)cc1. The molecule has 3 aromatic rings. The van der Waals surface area contributed by atoms with Crippen molar-refractivity contribution >= 4 is 27.5 Å². The molecule has 0 radical (unpaired) electrons. The molecule has 2 heterocycles. The van der Waals surface area contributed by atoms with Crippen molar-refractivity contribution in [3.05, 3.63) is 82.1 Å². The van der Waals surface area contributed by atoms with E-state index in [1.54, 1.807) is 35.9 Å². The average Bonchev–Trinajstić information content (AvgIpc) is 3.11. The molecule has 8 nitrogen and oxygen atoms in total. The van der Waals surface area contributed by atoms with Gasteiger partial charge < -0.3 is 10.1 Å². The fourth-order valence-electron chi connectivity index (χ4n) is 3.66. The number of nitrogens with one attached hydrogen (secondary N) is 1. The third kappa shape index (κ3) is 5.27. The highest BCUT2D eigenvalue weighted by atomic mass is 35.5. The van der Waals surface area contributed by atoms with Crippen molar-refractivity contribution in [2.75, 3.05) is 26.3 Å². The summed E-state index contributed by atoms with van der Waals surface area (Å²) in [5.41, 5.74) is 2.68. The van der Waals surface area contributed by atoms with E-state index in [2.05, 4.69) is 10.4 Å². The molecule has 4 rings (SSSR count). The van der Waals surface area contributed by atoms with E-state index in [9.17, 15) is 13.2 Å². The van der Waals surface area contributed by atoms with E-state index in [1.807, 2.05) is 30.3 Å². The molecule has 0 spiro atoms. The minimum atomic E-state index is -3.55. The number of nitrogens with zero attached hydrogens (tertiary/aromatic N) is 3. The van der Waals surface area contributed by atoms with Gasteiger partial charge in [0.15, 0.2) is 0 Å². The van der Waals surface area contributed by atoms with Crippen LogP contribution in [0.4, 0.5) is 0 Å². The number of benzene rings is 2. The number of ether oxygens (including phenoxy) is 1. The van der Waals surface area contributed by atoms with Crippen LogP contribution in [-0.2, 0) is 27.8 Å². The number of hydrogen-bond acceptors (Lipinski definition) is 5. The second kappa shape index (κ2) is 10.0. The van der Waals surface area contributed by atoms with Crippen molar-refractivity contribution in [2.45, 2.75) is 24.9 Å². The van der Waals surface area contributed by atoms with Crippen LogP contribution < -0.4 is 5.32 Å². The zero-order valence-electron chi connectivity index (χ0n) is 18.2. The minimum Gasteiger partial charge on any atom is -0.379 e. The van der Waals surface area contributed by atoms with Gasteiger partial charge in [-0.25, -0.2) is 13.1 Å². The standard InChI is InChI=1S/C23H25ClN4O4S/c1-17-21(22(24)28(26-17)16-19-5-3-2-4-6-19)23(29)25-15-18-7-9-20(10-8-18)33(30,31)27-11-13-32-14-12-27/h2-10H,11-16H2,1H3,(H,25,29). The molecule has 10 heteroatoms. The first-order valence-corrected chi connectivity index (χ1v) is 12.4. The minimum absolute atomic E-state index is 0.223. The van der Waals surface area contributed by atoms with E-state index in [-0.39, 0.29) is 22.5 Å². The van der Waals surface area contributed by atoms with Crippen LogP contribution in [-0.4, -0.2) is 54.7 Å². The summed E-state index contributed by atoms with van der Waals surface area (Å²) in [6.45, 7) is 3.92. The third-order valence-electron chi connectivity index (χ3n) is 5.45. The summed E-state index contributed by atoms with van der Waals surface area (Å²) in [7, 11) is -3.55. The van der Waals surface area contributed by atoms with E-state index in [4.69, 9.17) is 16.3 Å². The molecular weight excluding hydrogens is 464 g/mol. The Morgan fingerprint density at radius 2 is 1.73 bits per heavy atom. The number of halogens is 1. The van der Waals surface area contributed by atoms with Gasteiger partial charge in [-0.15, -0.1) is 0 Å². The van der Waals surface area contributed by atoms with Crippen LogP contribution in [0.5, 0.6) is 0 Å². The lowest BCUT2D eigenvalue weighted by Crippen LogP contribution is -2.40. The van der Waals surface area contributed by atoms with Crippen LogP contribution in [0.2, 0.25) is 5.15 Å². The van der Waals surface area contributed by atoms with Crippen molar-refractivity contribution in [3.8, 4) is 0 Å². The van der Waals surface area contributed by atoms with Crippen LogP contribution >= 0.6 is 11.6 Å². The Kier molecular flexibility index (Phi) is 7.14. The highest BCUT2D eigenvalue weighted by Gasteiger charge is 2.26. The van der Waals surface area contributed by atoms with Crippen LogP contribution in [0, 0.1) is 6.92 Å². The quantitative estimate of drug-likeness (QED) is 0.552. The van der Waals surface area contributed by atoms with E-state index in [0.717, 1.165) is 11.1 Å². The van der Waals surface area contributed by atoms with Crippen molar-refractivity contribution < 1.29 is 17.9 Å². The molecule has 1 aliphatic heterocycles. The lowest BCUT2D eigenvalue weighted by Gasteiger charge is -2.26. The predicted octanol–water partition coefficient (Wildman–Crippen LogP) is 2.84. The number of aryl methyl sites for hydroxylation is 1. The molecule has 1 aromatic heterocycles. The first-order valence-electron chi connectivity index (χ1n) is 10.6. The van der Waals surface area contributed by atoms with Gasteiger partial charge in [-0.3, -0.25) is 4.79 Å². The van der Waals surface area contributed by atoms with Gasteiger partial charge in [0.05, 0.1) is 35.9 Å². The number of carbonyl (C=O) groups is 1. The highest BCUT2D eigenvalue weighted by Crippen LogP contribution is 2.22. The van der Waals surface area contributed by atoms with Crippen LogP contribution in [0.3, 0.4) is 0 Å². The molecule has 1 saturated heterocycles. The van der Waals surface area contributed by atoms with Crippen LogP contribution in [0.1, 0.15) is 27.2 Å². The molecule has 33 heavy (non-hydrogen) atoms. The van der Waals surface area contributed by atoms with Gasteiger partial charge in [0.1, 0.15) is 5.15 Å². The molecule has 0 aliphatic carbocycles. The van der Waals surface area contributed by atoms with Crippen LogP contribution in [0.25, 0.3) is 0 Å². The molecule has 0 unspecified atom stereocenters. The summed E-state index contributed by atoms with van der Waals surface area (Å²) in [6, 6.07) is 16.2. The van der Waals surface area contributed by atoms with Gasteiger partial charge in [-0.05, 0) is 30.2 Å². The van der Waals surface area contributed by atoms with Crippen LogP contribution in [0.15, 0.2) is 59.5 Å². The lowest BCUT2D eigenvalue weighted by atomic mass is 10.2. The van der Waals surface area contributed by atoms with Gasteiger partial charge >= 0.3 is 0 Å². The Hall–Kier alpha value is -2.72. The number of sulfonamides is 1. The Bertz CT molecular complexity index is 1220. The number of aromatic nitrogens is 2. The fraction of sp³-hybridized carbons (Fsp3) is 0.304. The first-order chi connectivity index (χ1) is 15.9. The maximum Gasteiger partial charge on any atom is 0.256 e. The van der Waals surface area contributed by atoms with Crippen molar-refractivity contribution in [2.24, 2.45) is 0 Å². The number of rotatable bonds is 7. The van der Waals surface area contributed by atoms with E-state index in [1.165, 1.54) is 4.31 Å². The summed E-state index contributed by atoms with van der Waals surface area (Å²) < 4.78 is 33.7.